The summed E-state index contributed by atoms with van der Waals surface area (Å²) in [6, 6.07) is 5.95. The second-order valence-electron chi connectivity index (χ2n) is 2.52. The molecule has 1 aromatic rings. The number of aryl methyl sites for hydroxylation is 1. The molecule has 0 unspecified atom stereocenters. The molecule has 0 aliphatic heterocycles. The molecule has 0 atom stereocenters. The summed E-state index contributed by atoms with van der Waals surface area (Å²) in [5, 5.41) is 2.57. The minimum atomic E-state index is 0.463. The zero-order valence-electron chi connectivity index (χ0n) is 6.67. The van der Waals surface area contributed by atoms with Gasteiger partial charge in [-0.2, -0.15) is 0 Å². The van der Waals surface area contributed by atoms with Crippen LogP contribution in [0.2, 0.25) is 0 Å². The summed E-state index contributed by atoms with van der Waals surface area (Å²) >= 11 is 3.39. The van der Waals surface area contributed by atoms with E-state index in [9.17, 15) is 4.91 Å². The summed E-state index contributed by atoms with van der Waals surface area (Å²) in [4.78, 5) is 9.78. The van der Waals surface area contributed by atoms with Crippen LogP contribution >= 0.6 is 15.9 Å². The number of halogens is 1. The van der Waals surface area contributed by atoms with E-state index >= 15 is 0 Å². The monoisotopic (exact) mass is 228 g/mol. The number of benzene rings is 1. The maximum atomic E-state index is 9.78. The Morgan fingerprint density at radius 3 is 2.92 bits per heavy atom. The van der Waals surface area contributed by atoms with Crippen LogP contribution in [0.1, 0.15) is 11.1 Å². The van der Waals surface area contributed by atoms with Gasteiger partial charge in [0.2, 0.25) is 0 Å². The molecule has 64 valence electrons. The number of hydrogen-bond acceptors (Lipinski definition) is 2. The predicted molar refractivity (Wildman–Crippen MR) is 51.5 cm³/mol. The second kappa shape index (κ2) is 4.21. The van der Waals surface area contributed by atoms with E-state index in [0.29, 0.717) is 6.54 Å². The standard InChI is InChI=1S/C8H9BrN2O/c1-6-2-3-7(5-10-11-12)8(9)4-6/h2-4H,5H2,1H3,(H,10,12). The zero-order chi connectivity index (χ0) is 8.97. The van der Waals surface area contributed by atoms with Crippen LogP contribution in [0.4, 0.5) is 0 Å². The van der Waals surface area contributed by atoms with Crippen LogP contribution in [0.25, 0.3) is 0 Å². The van der Waals surface area contributed by atoms with Crippen molar-refractivity contribution in [3.63, 3.8) is 0 Å². The van der Waals surface area contributed by atoms with Crippen molar-refractivity contribution in [3.05, 3.63) is 38.7 Å². The van der Waals surface area contributed by atoms with Gasteiger partial charge in [0.05, 0.1) is 6.54 Å². The van der Waals surface area contributed by atoms with Crippen molar-refractivity contribution in [3.8, 4) is 0 Å². The zero-order valence-corrected chi connectivity index (χ0v) is 8.26. The van der Waals surface area contributed by atoms with Crippen LogP contribution in [0.5, 0.6) is 0 Å². The molecule has 1 aromatic carbocycles. The molecule has 0 radical (unpaired) electrons. The number of hydrogen-bond donors (Lipinski definition) is 1. The maximum Gasteiger partial charge on any atom is 0.0623 e. The Hall–Kier alpha value is -0.900. The molecule has 0 aliphatic carbocycles. The van der Waals surface area contributed by atoms with E-state index in [2.05, 4.69) is 26.6 Å². The normalized spacial score (nSPS) is 9.50. The first-order chi connectivity index (χ1) is 5.74. The fourth-order valence-corrected chi connectivity index (χ4v) is 1.55. The third-order valence-electron chi connectivity index (χ3n) is 1.54. The van der Waals surface area contributed by atoms with Crippen LogP contribution < -0.4 is 5.43 Å². The van der Waals surface area contributed by atoms with E-state index in [1.807, 2.05) is 25.1 Å². The number of nitrogens with zero attached hydrogens (tertiary/aromatic N) is 1. The summed E-state index contributed by atoms with van der Waals surface area (Å²) in [5.74, 6) is 0. The third kappa shape index (κ3) is 2.30. The predicted octanol–water partition coefficient (Wildman–Crippen LogP) is 2.53. The van der Waals surface area contributed by atoms with Gasteiger partial charge in [-0.1, -0.05) is 28.1 Å². The lowest BCUT2D eigenvalue weighted by Gasteiger charge is -2.02. The average Bonchev–Trinajstić information content (AvgIpc) is 2.03. The van der Waals surface area contributed by atoms with Gasteiger partial charge in [0.1, 0.15) is 0 Å². The van der Waals surface area contributed by atoms with Gasteiger partial charge in [-0.25, -0.2) is 0 Å². The van der Waals surface area contributed by atoms with Crippen LogP contribution in [-0.2, 0) is 6.54 Å². The van der Waals surface area contributed by atoms with Gasteiger partial charge >= 0.3 is 0 Å². The SMILES string of the molecule is Cc1ccc(CNN=O)c(Br)c1. The molecule has 12 heavy (non-hydrogen) atoms. The first-order valence-corrected chi connectivity index (χ1v) is 4.33. The molecule has 1 rings (SSSR count). The minimum Gasteiger partial charge on any atom is -0.269 e. The lowest BCUT2D eigenvalue weighted by Crippen LogP contribution is -2.03. The van der Waals surface area contributed by atoms with Gasteiger partial charge in [-0.05, 0) is 24.1 Å². The minimum absolute atomic E-state index is 0.463. The van der Waals surface area contributed by atoms with E-state index in [1.165, 1.54) is 5.56 Å². The number of nitroso groups, excluding NO2 is 1. The highest BCUT2D eigenvalue weighted by atomic mass is 79.9. The molecule has 0 bridgehead atoms. The lowest BCUT2D eigenvalue weighted by molar-refractivity contribution is 0.734. The van der Waals surface area contributed by atoms with Crippen molar-refractivity contribution in [2.45, 2.75) is 13.5 Å². The molecule has 0 fully saturated rings. The summed E-state index contributed by atoms with van der Waals surface area (Å²) < 4.78 is 0.999. The van der Waals surface area contributed by atoms with E-state index in [0.717, 1.165) is 10.0 Å². The number of rotatable bonds is 3. The molecular formula is C8H9BrN2O. The molecule has 3 nitrogen and oxygen atoms in total. The van der Waals surface area contributed by atoms with Crippen LogP contribution in [-0.4, -0.2) is 0 Å². The molecule has 4 heteroatoms. The van der Waals surface area contributed by atoms with Crippen LogP contribution in [0.15, 0.2) is 28.0 Å². The van der Waals surface area contributed by atoms with Crippen molar-refractivity contribution >= 4 is 15.9 Å². The van der Waals surface area contributed by atoms with E-state index < -0.39 is 0 Å². The molecule has 0 saturated carbocycles. The van der Waals surface area contributed by atoms with Crippen molar-refractivity contribution in [2.75, 3.05) is 0 Å². The molecule has 1 N–H and O–H groups in total. The second-order valence-corrected chi connectivity index (χ2v) is 3.38. The third-order valence-corrected chi connectivity index (χ3v) is 2.28. The first-order valence-electron chi connectivity index (χ1n) is 3.54. The van der Waals surface area contributed by atoms with Gasteiger partial charge in [-0.15, -0.1) is 4.91 Å². The number of nitrogens with one attached hydrogen (secondary N) is 1. The Morgan fingerprint density at radius 1 is 1.58 bits per heavy atom. The van der Waals surface area contributed by atoms with Crippen molar-refractivity contribution in [1.82, 2.24) is 5.43 Å². The fourth-order valence-electron chi connectivity index (χ4n) is 0.913. The quantitative estimate of drug-likeness (QED) is 0.639. The molecule has 0 saturated heterocycles. The molecule has 0 aliphatic rings. The Labute approximate surface area is 79.2 Å². The van der Waals surface area contributed by atoms with Crippen LogP contribution in [0, 0.1) is 11.8 Å². The van der Waals surface area contributed by atoms with Gasteiger partial charge in [0.25, 0.3) is 0 Å². The highest BCUT2D eigenvalue weighted by Gasteiger charge is 1.98. The highest BCUT2D eigenvalue weighted by Crippen LogP contribution is 2.17. The summed E-state index contributed by atoms with van der Waals surface area (Å²) in [6.45, 7) is 2.48. The smallest absolute Gasteiger partial charge is 0.0623 e. The van der Waals surface area contributed by atoms with E-state index in [4.69, 9.17) is 0 Å². The Bertz CT molecular complexity index is 288. The van der Waals surface area contributed by atoms with Crippen molar-refractivity contribution < 1.29 is 0 Å². The molecule has 0 spiro atoms. The summed E-state index contributed by atoms with van der Waals surface area (Å²) in [7, 11) is 0. The van der Waals surface area contributed by atoms with Gasteiger partial charge in [0, 0.05) is 9.76 Å². The van der Waals surface area contributed by atoms with Gasteiger partial charge < -0.3 is 0 Å². The summed E-state index contributed by atoms with van der Waals surface area (Å²) in [5.41, 5.74) is 4.58. The Kier molecular flexibility index (Phi) is 3.22. The maximum absolute atomic E-state index is 9.78. The Balaban J connectivity index is 2.78. The Morgan fingerprint density at radius 2 is 2.33 bits per heavy atom. The molecule has 0 heterocycles. The molecule has 0 aromatic heterocycles. The highest BCUT2D eigenvalue weighted by molar-refractivity contribution is 9.10. The lowest BCUT2D eigenvalue weighted by atomic mass is 10.1. The largest absolute Gasteiger partial charge is 0.269 e. The molecular weight excluding hydrogens is 220 g/mol. The van der Waals surface area contributed by atoms with E-state index in [-0.39, 0.29) is 0 Å². The van der Waals surface area contributed by atoms with Gasteiger partial charge in [-0.3, -0.25) is 5.43 Å². The molecule has 0 amide bonds. The van der Waals surface area contributed by atoms with Crippen molar-refractivity contribution in [2.24, 2.45) is 5.29 Å². The van der Waals surface area contributed by atoms with Crippen LogP contribution in [0.3, 0.4) is 0 Å². The van der Waals surface area contributed by atoms with E-state index in [1.54, 1.807) is 0 Å². The topological polar surface area (TPSA) is 41.5 Å². The van der Waals surface area contributed by atoms with Gasteiger partial charge in [0.15, 0.2) is 0 Å². The average molecular weight is 229 g/mol. The fraction of sp³-hybridized carbons (Fsp3) is 0.250. The summed E-state index contributed by atoms with van der Waals surface area (Å²) in [6.07, 6.45) is 0. The van der Waals surface area contributed by atoms with Crippen molar-refractivity contribution in [1.29, 1.82) is 0 Å². The first kappa shape index (κ1) is 9.19.